The summed E-state index contributed by atoms with van der Waals surface area (Å²) in [6.45, 7) is 0.880. The molecule has 0 radical (unpaired) electrons. The van der Waals surface area contributed by atoms with Crippen molar-refractivity contribution in [2.24, 2.45) is 0 Å². The first-order chi connectivity index (χ1) is 9.76. The molecule has 0 aliphatic rings. The molecule has 0 bridgehead atoms. The Hall–Kier alpha value is -0.880. The largest absolute Gasteiger partial charge is 0.316 e. The zero-order valence-electron chi connectivity index (χ0n) is 10.9. The lowest BCUT2D eigenvalue weighted by Crippen LogP contribution is -2.04. The van der Waals surface area contributed by atoms with Crippen molar-refractivity contribution < 1.29 is 0 Å². The second-order valence-electron chi connectivity index (χ2n) is 4.34. The summed E-state index contributed by atoms with van der Waals surface area (Å²) in [6, 6.07) is 14.7. The standard InChI is InChI=1S/C15H13BrN2S2/c1-17-9-10-6-7-13(11(16)8-10)19-15-18-12-4-2-3-5-14(12)20-15/h2-8,17H,9H2,1H3. The molecule has 0 aliphatic carbocycles. The fourth-order valence-corrected chi connectivity index (χ4v) is 4.63. The normalized spacial score (nSPS) is 11.1. The number of para-hydroxylation sites is 1. The number of rotatable bonds is 4. The van der Waals surface area contributed by atoms with Crippen LogP contribution in [0.5, 0.6) is 0 Å². The van der Waals surface area contributed by atoms with Crippen LogP contribution in [0.3, 0.4) is 0 Å². The van der Waals surface area contributed by atoms with Gasteiger partial charge in [0, 0.05) is 15.9 Å². The van der Waals surface area contributed by atoms with Crippen molar-refractivity contribution in [1.82, 2.24) is 10.3 Å². The lowest BCUT2D eigenvalue weighted by molar-refractivity contribution is 0.816. The molecule has 5 heteroatoms. The lowest BCUT2D eigenvalue weighted by atomic mass is 10.2. The van der Waals surface area contributed by atoms with Crippen molar-refractivity contribution in [3.63, 3.8) is 0 Å². The van der Waals surface area contributed by atoms with E-state index in [1.54, 1.807) is 23.1 Å². The van der Waals surface area contributed by atoms with Crippen LogP contribution in [0.15, 0.2) is 56.2 Å². The highest BCUT2D eigenvalue weighted by Gasteiger charge is 2.08. The number of thiazole rings is 1. The Labute approximate surface area is 134 Å². The van der Waals surface area contributed by atoms with Crippen LogP contribution < -0.4 is 5.32 Å². The first kappa shape index (κ1) is 14.1. The molecule has 0 spiro atoms. The minimum Gasteiger partial charge on any atom is -0.316 e. The summed E-state index contributed by atoms with van der Waals surface area (Å²) in [7, 11) is 1.96. The van der Waals surface area contributed by atoms with E-state index in [1.807, 2.05) is 13.1 Å². The number of hydrogen-bond donors (Lipinski definition) is 1. The van der Waals surface area contributed by atoms with Gasteiger partial charge in [-0.25, -0.2) is 4.98 Å². The Kier molecular flexibility index (Phi) is 4.41. The van der Waals surface area contributed by atoms with Gasteiger partial charge in [-0.3, -0.25) is 0 Å². The average Bonchev–Trinajstić information content (AvgIpc) is 2.84. The van der Waals surface area contributed by atoms with E-state index in [1.165, 1.54) is 15.2 Å². The predicted octanol–water partition coefficient (Wildman–Crippen LogP) is 4.93. The van der Waals surface area contributed by atoms with E-state index in [4.69, 9.17) is 0 Å². The second kappa shape index (κ2) is 6.26. The molecular formula is C15H13BrN2S2. The van der Waals surface area contributed by atoms with E-state index in [-0.39, 0.29) is 0 Å². The van der Waals surface area contributed by atoms with Crippen LogP contribution in [0.1, 0.15) is 5.56 Å². The molecule has 1 aromatic heterocycles. The molecule has 3 aromatic rings. The minimum absolute atomic E-state index is 0.880. The molecule has 0 aliphatic heterocycles. The molecule has 3 rings (SSSR count). The molecule has 0 atom stereocenters. The van der Waals surface area contributed by atoms with Crippen LogP contribution in [0.2, 0.25) is 0 Å². The highest BCUT2D eigenvalue weighted by Crippen LogP contribution is 2.37. The first-order valence-corrected chi connectivity index (χ1v) is 8.65. The van der Waals surface area contributed by atoms with Gasteiger partial charge in [0.2, 0.25) is 0 Å². The van der Waals surface area contributed by atoms with Crippen molar-refractivity contribution >= 4 is 49.2 Å². The van der Waals surface area contributed by atoms with Gasteiger partial charge in [0.25, 0.3) is 0 Å². The highest BCUT2D eigenvalue weighted by atomic mass is 79.9. The third-order valence-electron chi connectivity index (χ3n) is 2.85. The summed E-state index contributed by atoms with van der Waals surface area (Å²) in [4.78, 5) is 5.85. The Morgan fingerprint density at radius 1 is 1.25 bits per heavy atom. The number of nitrogens with one attached hydrogen (secondary N) is 1. The number of halogens is 1. The van der Waals surface area contributed by atoms with Crippen LogP contribution in [0.25, 0.3) is 10.2 Å². The van der Waals surface area contributed by atoms with Crippen LogP contribution >= 0.6 is 39.0 Å². The molecule has 102 valence electrons. The number of fused-ring (bicyclic) bond motifs is 1. The quantitative estimate of drug-likeness (QED) is 0.710. The smallest absolute Gasteiger partial charge is 0.155 e. The Balaban J connectivity index is 1.86. The SMILES string of the molecule is CNCc1ccc(Sc2nc3ccccc3s2)c(Br)c1. The van der Waals surface area contributed by atoms with Crippen molar-refractivity contribution in [2.45, 2.75) is 15.8 Å². The summed E-state index contributed by atoms with van der Waals surface area (Å²) in [5.74, 6) is 0. The fraction of sp³-hybridized carbons (Fsp3) is 0.133. The van der Waals surface area contributed by atoms with Gasteiger partial charge < -0.3 is 5.32 Å². The monoisotopic (exact) mass is 364 g/mol. The van der Waals surface area contributed by atoms with Gasteiger partial charge in [-0.05, 0) is 52.8 Å². The van der Waals surface area contributed by atoms with E-state index in [9.17, 15) is 0 Å². The topological polar surface area (TPSA) is 24.9 Å². The molecular weight excluding hydrogens is 352 g/mol. The van der Waals surface area contributed by atoms with Crippen molar-refractivity contribution in [3.8, 4) is 0 Å². The van der Waals surface area contributed by atoms with Crippen molar-refractivity contribution in [2.75, 3.05) is 7.05 Å². The van der Waals surface area contributed by atoms with E-state index < -0.39 is 0 Å². The van der Waals surface area contributed by atoms with Crippen LogP contribution in [-0.4, -0.2) is 12.0 Å². The van der Waals surface area contributed by atoms with E-state index in [2.05, 4.69) is 62.6 Å². The van der Waals surface area contributed by atoms with Gasteiger partial charge in [0.1, 0.15) is 0 Å². The number of nitrogens with zero attached hydrogens (tertiary/aromatic N) is 1. The summed E-state index contributed by atoms with van der Waals surface area (Å²) >= 11 is 7.09. The molecule has 0 unspecified atom stereocenters. The molecule has 0 fully saturated rings. The number of aromatic nitrogens is 1. The molecule has 0 amide bonds. The van der Waals surface area contributed by atoms with E-state index in [0.717, 1.165) is 20.9 Å². The molecule has 2 nitrogen and oxygen atoms in total. The third kappa shape index (κ3) is 3.06. The lowest BCUT2D eigenvalue weighted by Gasteiger charge is -2.05. The first-order valence-electron chi connectivity index (χ1n) is 6.23. The molecule has 2 aromatic carbocycles. The Morgan fingerprint density at radius 3 is 2.85 bits per heavy atom. The zero-order valence-corrected chi connectivity index (χ0v) is 14.1. The number of benzene rings is 2. The Morgan fingerprint density at radius 2 is 2.10 bits per heavy atom. The van der Waals surface area contributed by atoms with Crippen LogP contribution in [-0.2, 0) is 6.54 Å². The number of hydrogen-bond acceptors (Lipinski definition) is 4. The maximum Gasteiger partial charge on any atom is 0.155 e. The molecule has 20 heavy (non-hydrogen) atoms. The van der Waals surface area contributed by atoms with Gasteiger partial charge in [-0.2, -0.15) is 0 Å². The maximum atomic E-state index is 4.66. The van der Waals surface area contributed by atoms with Gasteiger partial charge in [0.15, 0.2) is 4.34 Å². The predicted molar refractivity (Wildman–Crippen MR) is 90.6 cm³/mol. The van der Waals surface area contributed by atoms with E-state index in [0.29, 0.717) is 0 Å². The highest BCUT2D eigenvalue weighted by molar-refractivity contribution is 9.10. The zero-order chi connectivity index (χ0) is 13.9. The molecule has 1 N–H and O–H groups in total. The molecule has 0 saturated carbocycles. The third-order valence-corrected chi connectivity index (χ3v) is 5.94. The average molecular weight is 365 g/mol. The van der Waals surface area contributed by atoms with Gasteiger partial charge in [0.05, 0.1) is 10.2 Å². The van der Waals surface area contributed by atoms with E-state index >= 15 is 0 Å². The second-order valence-corrected chi connectivity index (χ2v) is 7.52. The molecule has 1 heterocycles. The maximum absolute atomic E-state index is 4.66. The molecule has 0 saturated heterocycles. The fourth-order valence-electron chi connectivity index (χ4n) is 1.93. The van der Waals surface area contributed by atoms with Crippen LogP contribution in [0, 0.1) is 0 Å². The van der Waals surface area contributed by atoms with Crippen molar-refractivity contribution in [1.29, 1.82) is 0 Å². The minimum atomic E-state index is 0.880. The van der Waals surface area contributed by atoms with Gasteiger partial charge in [-0.1, -0.05) is 30.0 Å². The summed E-state index contributed by atoms with van der Waals surface area (Å²) in [5, 5.41) is 3.16. The summed E-state index contributed by atoms with van der Waals surface area (Å²) in [5.41, 5.74) is 2.34. The van der Waals surface area contributed by atoms with Gasteiger partial charge in [-0.15, -0.1) is 11.3 Å². The van der Waals surface area contributed by atoms with Crippen molar-refractivity contribution in [3.05, 3.63) is 52.5 Å². The summed E-state index contributed by atoms with van der Waals surface area (Å²) in [6.07, 6.45) is 0. The van der Waals surface area contributed by atoms with Crippen LogP contribution in [0.4, 0.5) is 0 Å². The summed E-state index contributed by atoms with van der Waals surface area (Å²) < 4.78 is 3.43. The Bertz CT molecular complexity index is 707. The van der Waals surface area contributed by atoms with Gasteiger partial charge >= 0.3 is 0 Å².